The van der Waals surface area contributed by atoms with Crippen LogP contribution in [-0.4, -0.2) is 47.4 Å². The number of carboxylic acid groups (broad SMARTS) is 2. The summed E-state index contributed by atoms with van der Waals surface area (Å²) in [5.41, 5.74) is 0.306. The molecule has 14 heavy (non-hydrogen) atoms. The zero-order valence-electron chi connectivity index (χ0n) is 7.65. The summed E-state index contributed by atoms with van der Waals surface area (Å²) < 4.78 is 5.42. The fourth-order valence-corrected chi connectivity index (χ4v) is 1.45. The molecule has 1 spiro atoms. The molecule has 2 aliphatic heterocycles. The van der Waals surface area contributed by atoms with E-state index in [0.29, 0.717) is 5.60 Å². The maximum absolute atomic E-state index is 9.10. The Bertz CT molecular complexity index is 216. The van der Waals surface area contributed by atoms with Crippen molar-refractivity contribution in [3.8, 4) is 0 Å². The van der Waals surface area contributed by atoms with Crippen LogP contribution in [0.2, 0.25) is 0 Å². The maximum atomic E-state index is 9.10. The molecule has 0 saturated carbocycles. The van der Waals surface area contributed by atoms with Crippen molar-refractivity contribution >= 4 is 11.9 Å². The molecule has 2 fully saturated rings. The Morgan fingerprint density at radius 2 is 1.79 bits per heavy atom. The molecule has 6 heteroatoms. The summed E-state index contributed by atoms with van der Waals surface area (Å²) in [5.74, 6) is -3.65. The highest BCUT2D eigenvalue weighted by Crippen LogP contribution is 2.31. The average molecular weight is 203 g/mol. The summed E-state index contributed by atoms with van der Waals surface area (Å²) in [6, 6.07) is 0. The Hall–Kier alpha value is -1.14. The molecule has 0 bridgehead atoms. The number of aliphatic carboxylic acids is 2. The Labute approximate surface area is 80.9 Å². The largest absolute Gasteiger partial charge is 0.473 e. The smallest absolute Gasteiger partial charge is 0.414 e. The molecule has 0 aliphatic carbocycles. The van der Waals surface area contributed by atoms with Crippen molar-refractivity contribution in [1.29, 1.82) is 0 Å². The summed E-state index contributed by atoms with van der Waals surface area (Å²) in [5, 5.41) is 18.1. The zero-order valence-corrected chi connectivity index (χ0v) is 7.65. The van der Waals surface area contributed by atoms with Crippen LogP contribution in [0.3, 0.4) is 0 Å². The fourth-order valence-electron chi connectivity index (χ4n) is 1.45. The van der Waals surface area contributed by atoms with Gasteiger partial charge in [0, 0.05) is 13.0 Å². The molecule has 2 saturated heterocycles. The van der Waals surface area contributed by atoms with Crippen LogP contribution in [0.5, 0.6) is 0 Å². The first-order chi connectivity index (χ1) is 6.56. The normalized spacial score (nSPS) is 28.9. The molecule has 2 aliphatic rings. The van der Waals surface area contributed by atoms with Crippen molar-refractivity contribution in [3.63, 3.8) is 0 Å². The second-order valence-electron chi connectivity index (χ2n) is 3.32. The lowest BCUT2D eigenvalue weighted by Gasteiger charge is -2.37. The Kier molecular flexibility index (Phi) is 3.43. The van der Waals surface area contributed by atoms with Gasteiger partial charge in [-0.3, -0.25) is 0 Å². The van der Waals surface area contributed by atoms with E-state index in [9.17, 15) is 0 Å². The van der Waals surface area contributed by atoms with Gasteiger partial charge in [-0.15, -0.1) is 0 Å². The van der Waals surface area contributed by atoms with Crippen LogP contribution < -0.4 is 5.32 Å². The highest BCUT2D eigenvalue weighted by molar-refractivity contribution is 6.27. The van der Waals surface area contributed by atoms with E-state index in [2.05, 4.69) is 5.32 Å². The highest BCUT2D eigenvalue weighted by Gasteiger charge is 2.40. The van der Waals surface area contributed by atoms with Gasteiger partial charge in [-0.1, -0.05) is 0 Å². The first-order valence-corrected chi connectivity index (χ1v) is 4.37. The monoisotopic (exact) mass is 203 g/mol. The van der Waals surface area contributed by atoms with Crippen LogP contribution in [0.1, 0.15) is 12.8 Å². The average Bonchev–Trinajstić information content (AvgIpc) is 2.51. The third kappa shape index (κ3) is 2.68. The first kappa shape index (κ1) is 10.9. The minimum atomic E-state index is -1.82. The van der Waals surface area contributed by atoms with Gasteiger partial charge in [-0.2, -0.15) is 0 Å². The molecule has 0 unspecified atom stereocenters. The standard InChI is InChI=1S/C6H11NO.C2H2O4/c1-3-7-5-6(1)2-4-8-6;3-1(4)2(5)6/h7H,1-5H2;(H,3,4)(H,5,6)/t6-;/m1./s1. The fraction of sp³-hybridized carbons (Fsp3) is 0.750. The van der Waals surface area contributed by atoms with E-state index in [-0.39, 0.29) is 0 Å². The van der Waals surface area contributed by atoms with Crippen LogP contribution in [0.4, 0.5) is 0 Å². The summed E-state index contributed by atoms with van der Waals surface area (Å²) in [4.78, 5) is 18.2. The molecule has 0 radical (unpaired) electrons. The molecule has 0 aromatic rings. The molecule has 2 heterocycles. The van der Waals surface area contributed by atoms with Gasteiger partial charge in [0.15, 0.2) is 0 Å². The molecule has 2 rings (SSSR count). The van der Waals surface area contributed by atoms with E-state index < -0.39 is 11.9 Å². The van der Waals surface area contributed by atoms with E-state index in [1.165, 1.54) is 12.8 Å². The van der Waals surface area contributed by atoms with Gasteiger partial charge in [0.2, 0.25) is 0 Å². The molecule has 80 valence electrons. The molecule has 3 N–H and O–H groups in total. The summed E-state index contributed by atoms with van der Waals surface area (Å²) in [6.07, 6.45) is 2.51. The number of ether oxygens (including phenoxy) is 1. The predicted octanol–water partition coefficient (Wildman–Crippen LogP) is -0.706. The molecular weight excluding hydrogens is 190 g/mol. The van der Waals surface area contributed by atoms with E-state index in [4.69, 9.17) is 24.5 Å². The number of hydrogen-bond donors (Lipinski definition) is 3. The molecule has 0 amide bonds. The van der Waals surface area contributed by atoms with Gasteiger partial charge in [-0.05, 0) is 13.0 Å². The topological polar surface area (TPSA) is 95.9 Å². The summed E-state index contributed by atoms with van der Waals surface area (Å²) in [7, 11) is 0. The lowest BCUT2D eigenvalue weighted by atomic mass is 9.94. The number of rotatable bonds is 0. The molecule has 0 aromatic heterocycles. The number of carboxylic acids is 2. The van der Waals surface area contributed by atoms with Crippen LogP contribution in [0, 0.1) is 0 Å². The Morgan fingerprint density at radius 1 is 1.21 bits per heavy atom. The predicted molar refractivity (Wildman–Crippen MR) is 46.1 cm³/mol. The minimum absolute atomic E-state index is 0.306. The van der Waals surface area contributed by atoms with E-state index in [0.717, 1.165) is 19.7 Å². The molecule has 1 atom stereocenters. The van der Waals surface area contributed by atoms with Crippen molar-refractivity contribution < 1.29 is 24.5 Å². The molecular formula is C8H13NO5. The second-order valence-corrected chi connectivity index (χ2v) is 3.32. The van der Waals surface area contributed by atoms with Gasteiger partial charge < -0.3 is 20.3 Å². The van der Waals surface area contributed by atoms with Crippen LogP contribution in [-0.2, 0) is 14.3 Å². The van der Waals surface area contributed by atoms with Gasteiger partial charge in [0.1, 0.15) is 0 Å². The lowest BCUT2D eigenvalue weighted by Crippen LogP contribution is -2.45. The summed E-state index contributed by atoms with van der Waals surface area (Å²) in [6.45, 7) is 3.23. The quantitative estimate of drug-likeness (QED) is 0.450. The minimum Gasteiger partial charge on any atom is -0.473 e. The van der Waals surface area contributed by atoms with Gasteiger partial charge in [0.25, 0.3) is 0 Å². The second kappa shape index (κ2) is 4.39. The van der Waals surface area contributed by atoms with Crippen molar-refractivity contribution in [2.45, 2.75) is 18.4 Å². The van der Waals surface area contributed by atoms with Gasteiger partial charge in [-0.25, -0.2) is 9.59 Å². The lowest BCUT2D eigenvalue weighted by molar-refractivity contribution is -0.159. The third-order valence-corrected chi connectivity index (χ3v) is 2.35. The number of carbonyl (C=O) groups is 2. The third-order valence-electron chi connectivity index (χ3n) is 2.35. The Morgan fingerprint density at radius 3 is 1.93 bits per heavy atom. The maximum Gasteiger partial charge on any atom is 0.414 e. The highest BCUT2D eigenvalue weighted by atomic mass is 16.5. The van der Waals surface area contributed by atoms with Crippen molar-refractivity contribution in [2.24, 2.45) is 0 Å². The molecule has 0 aromatic carbocycles. The van der Waals surface area contributed by atoms with Crippen LogP contribution in [0.15, 0.2) is 0 Å². The van der Waals surface area contributed by atoms with Gasteiger partial charge in [0.05, 0.1) is 12.2 Å². The molecule has 6 nitrogen and oxygen atoms in total. The first-order valence-electron chi connectivity index (χ1n) is 4.37. The van der Waals surface area contributed by atoms with Gasteiger partial charge >= 0.3 is 11.9 Å². The van der Waals surface area contributed by atoms with E-state index >= 15 is 0 Å². The van der Waals surface area contributed by atoms with E-state index in [1.54, 1.807) is 0 Å². The van der Waals surface area contributed by atoms with Crippen molar-refractivity contribution in [2.75, 3.05) is 19.7 Å². The van der Waals surface area contributed by atoms with Crippen molar-refractivity contribution in [3.05, 3.63) is 0 Å². The number of nitrogens with one attached hydrogen (secondary N) is 1. The van der Waals surface area contributed by atoms with Crippen LogP contribution >= 0.6 is 0 Å². The summed E-state index contributed by atoms with van der Waals surface area (Å²) >= 11 is 0. The van der Waals surface area contributed by atoms with Crippen molar-refractivity contribution in [1.82, 2.24) is 5.32 Å². The Balaban J connectivity index is 0.000000149. The van der Waals surface area contributed by atoms with E-state index in [1.807, 2.05) is 0 Å². The zero-order chi connectivity index (χ0) is 10.6. The number of hydrogen-bond acceptors (Lipinski definition) is 4. The SMILES string of the molecule is C1C[C@@]2(CCO2)CN1.O=C(O)C(=O)O. The van der Waals surface area contributed by atoms with Crippen LogP contribution in [0.25, 0.3) is 0 Å².